The Hall–Kier alpha value is -3.60. The van der Waals surface area contributed by atoms with Crippen molar-refractivity contribution in [2.45, 2.75) is 19.3 Å². The second kappa shape index (κ2) is 10.3. The van der Waals surface area contributed by atoms with Gasteiger partial charge < -0.3 is 9.47 Å². The number of hydrogen-bond donors (Lipinski definition) is 0. The van der Waals surface area contributed by atoms with E-state index < -0.39 is 11.9 Å². The van der Waals surface area contributed by atoms with Crippen molar-refractivity contribution in [2.24, 2.45) is 0 Å². The largest absolute Gasteiger partial charge is 0.421 e. The molecule has 6 heteroatoms. The summed E-state index contributed by atoms with van der Waals surface area (Å²) in [6, 6.07) is 28.1. The molecule has 176 valence electrons. The van der Waals surface area contributed by atoms with Gasteiger partial charge in [0, 0.05) is 5.41 Å². The van der Waals surface area contributed by atoms with E-state index in [4.69, 9.17) is 32.7 Å². The Morgan fingerprint density at radius 1 is 0.571 bits per heavy atom. The fourth-order valence-electron chi connectivity index (χ4n) is 3.59. The summed E-state index contributed by atoms with van der Waals surface area (Å²) in [7, 11) is 0. The van der Waals surface area contributed by atoms with Crippen molar-refractivity contribution in [3.8, 4) is 11.5 Å². The maximum Gasteiger partial charge on any atom is 0.343 e. The summed E-state index contributed by atoms with van der Waals surface area (Å²) in [6.07, 6.45) is 0. The van der Waals surface area contributed by atoms with Crippen LogP contribution in [0.25, 0.3) is 0 Å². The van der Waals surface area contributed by atoms with E-state index in [9.17, 15) is 9.59 Å². The van der Waals surface area contributed by atoms with Gasteiger partial charge in [0.1, 0.15) is 11.5 Å². The topological polar surface area (TPSA) is 52.6 Å². The molecule has 0 amide bonds. The van der Waals surface area contributed by atoms with Gasteiger partial charge in [-0.2, -0.15) is 0 Å². The zero-order valence-corrected chi connectivity index (χ0v) is 20.6. The Kier molecular flexibility index (Phi) is 7.25. The average Bonchev–Trinajstić information content (AvgIpc) is 2.87. The van der Waals surface area contributed by atoms with E-state index >= 15 is 0 Å². The van der Waals surface area contributed by atoms with E-state index in [1.807, 2.05) is 24.3 Å². The standard InChI is InChI=1S/C29H22Cl2O4/c1-29(2,21-15-11-19(12-16-21)27(32)34-25-9-5-3-7-23(25)30)22-17-13-20(14-18-22)28(33)35-26-10-6-4-8-24(26)31/h3-18H,1-2H3. The Labute approximate surface area is 214 Å². The lowest BCUT2D eigenvalue weighted by atomic mass is 9.78. The normalized spacial score (nSPS) is 11.1. The van der Waals surface area contributed by atoms with E-state index in [0.717, 1.165) is 11.1 Å². The van der Waals surface area contributed by atoms with E-state index in [2.05, 4.69) is 13.8 Å². The van der Waals surface area contributed by atoms with Gasteiger partial charge in [-0.1, -0.05) is 85.6 Å². The van der Waals surface area contributed by atoms with Crippen LogP contribution in [0.15, 0.2) is 97.1 Å². The van der Waals surface area contributed by atoms with Crippen LogP contribution < -0.4 is 9.47 Å². The zero-order valence-electron chi connectivity index (χ0n) is 19.1. The molecule has 4 nitrogen and oxygen atoms in total. The smallest absolute Gasteiger partial charge is 0.343 e. The van der Waals surface area contributed by atoms with Crippen LogP contribution in [0.1, 0.15) is 45.7 Å². The van der Waals surface area contributed by atoms with Gasteiger partial charge in [-0.15, -0.1) is 0 Å². The summed E-state index contributed by atoms with van der Waals surface area (Å²) in [6.45, 7) is 4.14. The Bertz CT molecular complexity index is 1260. The van der Waals surface area contributed by atoms with Gasteiger partial charge in [0.05, 0.1) is 21.2 Å². The number of ether oxygens (including phenoxy) is 2. The lowest BCUT2D eigenvalue weighted by molar-refractivity contribution is 0.0725. The predicted octanol–water partition coefficient (Wildman–Crippen LogP) is 7.76. The first kappa shape index (κ1) is 24.5. The molecule has 0 heterocycles. The molecule has 0 atom stereocenters. The molecule has 0 radical (unpaired) electrons. The van der Waals surface area contributed by atoms with Gasteiger partial charge >= 0.3 is 11.9 Å². The molecule has 0 fully saturated rings. The maximum absolute atomic E-state index is 12.5. The van der Waals surface area contributed by atoms with Gasteiger partial charge in [-0.25, -0.2) is 9.59 Å². The molecule has 4 aromatic rings. The SMILES string of the molecule is CC(C)(c1ccc(C(=O)Oc2ccccc2Cl)cc1)c1ccc(C(=O)Oc2ccccc2Cl)cc1. The van der Waals surface area contributed by atoms with Gasteiger partial charge in [-0.3, -0.25) is 0 Å². The van der Waals surface area contributed by atoms with Gasteiger partial charge in [0.15, 0.2) is 0 Å². The second-order valence-electron chi connectivity index (χ2n) is 8.42. The molecule has 0 saturated carbocycles. The van der Waals surface area contributed by atoms with Crippen LogP contribution >= 0.6 is 23.2 Å². The number of rotatable bonds is 6. The van der Waals surface area contributed by atoms with Crippen LogP contribution in [0.3, 0.4) is 0 Å². The summed E-state index contributed by atoms with van der Waals surface area (Å²) >= 11 is 12.1. The maximum atomic E-state index is 12.5. The number of carbonyl (C=O) groups excluding carboxylic acids is 2. The quantitative estimate of drug-likeness (QED) is 0.199. The molecular weight excluding hydrogens is 483 g/mol. The summed E-state index contributed by atoms with van der Waals surface area (Å²) in [5.74, 6) is -0.332. The van der Waals surface area contributed by atoms with Crippen molar-refractivity contribution in [1.29, 1.82) is 0 Å². The molecule has 0 aliphatic rings. The molecule has 4 rings (SSSR count). The summed E-state index contributed by atoms with van der Waals surface area (Å²) in [5.41, 5.74) is 2.46. The molecule has 4 aromatic carbocycles. The number of benzene rings is 4. The van der Waals surface area contributed by atoms with E-state index in [0.29, 0.717) is 32.7 Å². The fraction of sp³-hybridized carbons (Fsp3) is 0.103. The molecule has 0 spiro atoms. The summed E-state index contributed by atoms with van der Waals surface area (Å²) in [5, 5.41) is 0.746. The molecule has 0 aliphatic carbocycles. The van der Waals surface area contributed by atoms with Gasteiger partial charge in [-0.05, 0) is 59.7 Å². The van der Waals surface area contributed by atoms with Crippen molar-refractivity contribution in [1.82, 2.24) is 0 Å². The second-order valence-corrected chi connectivity index (χ2v) is 9.23. The van der Waals surface area contributed by atoms with Crippen molar-refractivity contribution in [2.75, 3.05) is 0 Å². The minimum atomic E-state index is -0.483. The number of carbonyl (C=O) groups is 2. The first-order valence-electron chi connectivity index (χ1n) is 10.9. The minimum Gasteiger partial charge on any atom is -0.421 e. The van der Waals surface area contributed by atoms with Gasteiger partial charge in [0.25, 0.3) is 0 Å². The van der Waals surface area contributed by atoms with Crippen LogP contribution in [0.2, 0.25) is 10.0 Å². The van der Waals surface area contributed by atoms with E-state index in [1.54, 1.807) is 72.8 Å². The number of para-hydroxylation sites is 2. The highest BCUT2D eigenvalue weighted by Crippen LogP contribution is 2.32. The van der Waals surface area contributed by atoms with Crippen molar-refractivity contribution in [3.05, 3.63) is 129 Å². The molecular formula is C29H22Cl2O4. The Balaban J connectivity index is 1.47. The third kappa shape index (κ3) is 5.56. The Morgan fingerprint density at radius 2 is 0.914 bits per heavy atom. The van der Waals surface area contributed by atoms with Crippen LogP contribution in [0.4, 0.5) is 0 Å². The highest BCUT2D eigenvalue weighted by Gasteiger charge is 2.24. The van der Waals surface area contributed by atoms with E-state index in [-0.39, 0.29) is 5.41 Å². The molecule has 0 aromatic heterocycles. The minimum absolute atomic E-state index is 0.316. The zero-order chi connectivity index (χ0) is 25.0. The van der Waals surface area contributed by atoms with E-state index in [1.165, 1.54) is 0 Å². The van der Waals surface area contributed by atoms with Crippen molar-refractivity contribution < 1.29 is 19.1 Å². The van der Waals surface area contributed by atoms with Crippen LogP contribution in [-0.2, 0) is 5.41 Å². The molecule has 0 bridgehead atoms. The fourth-order valence-corrected chi connectivity index (χ4v) is 3.93. The first-order valence-corrected chi connectivity index (χ1v) is 11.7. The van der Waals surface area contributed by atoms with Crippen LogP contribution in [0, 0.1) is 0 Å². The average molecular weight is 505 g/mol. The number of halogens is 2. The summed E-state index contributed by atoms with van der Waals surface area (Å²) < 4.78 is 10.8. The molecule has 0 unspecified atom stereocenters. The Morgan fingerprint density at radius 3 is 1.26 bits per heavy atom. The van der Waals surface area contributed by atoms with Crippen molar-refractivity contribution in [3.63, 3.8) is 0 Å². The third-order valence-corrected chi connectivity index (χ3v) is 6.39. The molecule has 0 saturated heterocycles. The third-order valence-electron chi connectivity index (χ3n) is 5.76. The highest BCUT2D eigenvalue weighted by molar-refractivity contribution is 6.32. The molecule has 0 aliphatic heterocycles. The highest BCUT2D eigenvalue weighted by atomic mass is 35.5. The molecule has 35 heavy (non-hydrogen) atoms. The lowest BCUT2D eigenvalue weighted by Gasteiger charge is -2.26. The predicted molar refractivity (Wildman–Crippen MR) is 138 cm³/mol. The summed E-state index contributed by atoms with van der Waals surface area (Å²) in [4.78, 5) is 25.0. The number of esters is 2. The molecule has 0 N–H and O–H groups in total. The first-order chi connectivity index (χ1) is 16.8. The lowest BCUT2D eigenvalue weighted by Crippen LogP contribution is -2.20. The van der Waals surface area contributed by atoms with Crippen LogP contribution in [0.5, 0.6) is 11.5 Å². The number of hydrogen-bond acceptors (Lipinski definition) is 4. The monoisotopic (exact) mass is 504 g/mol. The van der Waals surface area contributed by atoms with Gasteiger partial charge in [0.2, 0.25) is 0 Å². The van der Waals surface area contributed by atoms with Crippen molar-refractivity contribution >= 4 is 35.1 Å². The van der Waals surface area contributed by atoms with Crippen LogP contribution in [-0.4, -0.2) is 11.9 Å².